The van der Waals surface area contributed by atoms with Crippen LogP contribution in [-0.4, -0.2) is 31.8 Å². The molecule has 5 nitrogen and oxygen atoms in total. The van der Waals surface area contributed by atoms with Gasteiger partial charge >= 0.3 is 5.97 Å². The van der Waals surface area contributed by atoms with Crippen LogP contribution in [0.4, 0.5) is 8.78 Å². The topological polar surface area (TPSA) is 57.7 Å². The van der Waals surface area contributed by atoms with Crippen LogP contribution in [0.1, 0.15) is 29.3 Å². The molecule has 0 aliphatic carbocycles. The van der Waals surface area contributed by atoms with Gasteiger partial charge in [0.2, 0.25) is 5.88 Å². The SMILES string of the molecule is CCOC(=O)c1c(OC)ncc(C(F)F)c1OC. The highest BCUT2D eigenvalue weighted by Gasteiger charge is 2.27. The first-order valence-electron chi connectivity index (χ1n) is 5.12. The number of nitrogens with zero attached hydrogens (tertiary/aromatic N) is 1. The van der Waals surface area contributed by atoms with Crippen molar-refractivity contribution in [2.45, 2.75) is 13.3 Å². The fraction of sp³-hybridized carbons (Fsp3) is 0.455. The molecule has 0 saturated carbocycles. The summed E-state index contributed by atoms with van der Waals surface area (Å²) in [5.74, 6) is -1.22. The van der Waals surface area contributed by atoms with Gasteiger partial charge in [0.1, 0.15) is 5.75 Å². The third kappa shape index (κ3) is 2.66. The minimum absolute atomic E-state index is 0.101. The van der Waals surface area contributed by atoms with Gasteiger partial charge in [-0.15, -0.1) is 0 Å². The molecule has 1 heterocycles. The summed E-state index contributed by atoms with van der Waals surface area (Å²) in [7, 11) is 2.45. The molecule has 7 heteroatoms. The van der Waals surface area contributed by atoms with Crippen LogP contribution in [0.3, 0.4) is 0 Å². The van der Waals surface area contributed by atoms with Gasteiger partial charge in [-0.3, -0.25) is 0 Å². The van der Waals surface area contributed by atoms with E-state index >= 15 is 0 Å². The Hall–Kier alpha value is -1.92. The Labute approximate surface area is 103 Å². The summed E-state index contributed by atoms with van der Waals surface area (Å²) in [5, 5.41) is 0. The molecule has 0 bridgehead atoms. The van der Waals surface area contributed by atoms with Gasteiger partial charge in [0.25, 0.3) is 6.43 Å². The van der Waals surface area contributed by atoms with Gasteiger partial charge in [-0.25, -0.2) is 18.6 Å². The molecule has 0 unspecified atom stereocenters. The predicted molar refractivity (Wildman–Crippen MR) is 58.3 cm³/mol. The zero-order chi connectivity index (χ0) is 13.7. The van der Waals surface area contributed by atoms with Gasteiger partial charge in [0, 0.05) is 6.20 Å². The second kappa shape index (κ2) is 6.13. The molecule has 0 spiro atoms. The summed E-state index contributed by atoms with van der Waals surface area (Å²) in [5.41, 5.74) is -0.721. The lowest BCUT2D eigenvalue weighted by atomic mass is 10.1. The van der Waals surface area contributed by atoms with Crippen LogP contribution in [0.5, 0.6) is 11.6 Å². The molecular formula is C11H13F2NO4. The second-order valence-corrected chi connectivity index (χ2v) is 3.15. The standard InChI is InChI=1S/C11H13F2NO4/c1-4-18-11(15)7-8(16-2)6(9(12)13)5-14-10(7)17-3/h5,9H,4H2,1-3H3. The Morgan fingerprint density at radius 1 is 1.39 bits per heavy atom. The maximum Gasteiger partial charge on any atom is 0.347 e. The average molecular weight is 261 g/mol. The van der Waals surface area contributed by atoms with Gasteiger partial charge in [-0.1, -0.05) is 0 Å². The number of carbonyl (C=O) groups excluding carboxylic acids is 1. The van der Waals surface area contributed by atoms with Crippen molar-refractivity contribution in [1.29, 1.82) is 0 Å². The quantitative estimate of drug-likeness (QED) is 0.760. The number of alkyl halides is 2. The second-order valence-electron chi connectivity index (χ2n) is 3.15. The highest BCUT2D eigenvalue weighted by Crippen LogP contribution is 2.36. The summed E-state index contributed by atoms with van der Waals surface area (Å²) in [6, 6.07) is 0. The maximum atomic E-state index is 12.8. The van der Waals surface area contributed by atoms with E-state index in [1.54, 1.807) is 6.92 Å². The van der Waals surface area contributed by atoms with Gasteiger partial charge in [0.15, 0.2) is 5.56 Å². The van der Waals surface area contributed by atoms with Crippen molar-refractivity contribution in [2.75, 3.05) is 20.8 Å². The Morgan fingerprint density at radius 2 is 2.06 bits per heavy atom. The van der Waals surface area contributed by atoms with Gasteiger partial charge in [-0.05, 0) is 6.92 Å². The Balaban J connectivity index is 3.41. The minimum Gasteiger partial charge on any atom is -0.495 e. The molecule has 0 N–H and O–H groups in total. The normalized spacial score (nSPS) is 10.3. The monoisotopic (exact) mass is 261 g/mol. The average Bonchev–Trinajstić information content (AvgIpc) is 2.36. The molecular weight excluding hydrogens is 248 g/mol. The van der Waals surface area contributed by atoms with Crippen LogP contribution >= 0.6 is 0 Å². The van der Waals surface area contributed by atoms with Crippen LogP contribution in [-0.2, 0) is 4.74 Å². The van der Waals surface area contributed by atoms with E-state index < -0.39 is 18.0 Å². The summed E-state index contributed by atoms with van der Waals surface area (Å²) >= 11 is 0. The lowest BCUT2D eigenvalue weighted by Crippen LogP contribution is -2.11. The number of esters is 1. The number of pyridine rings is 1. The predicted octanol–water partition coefficient (Wildman–Crippen LogP) is 2.21. The molecule has 1 rings (SSSR count). The van der Waals surface area contributed by atoms with E-state index in [0.717, 1.165) is 6.20 Å². The summed E-state index contributed by atoms with van der Waals surface area (Å²) < 4.78 is 40.0. The zero-order valence-corrected chi connectivity index (χ0v) is 10.2. The molecule has 100 valence electrons. The summed E-state index contributed by atoms with van der Waals surface area (Å²) in [6.45, 7) is 1.70. The lowest BCUT2D eigenvalue weighted by Gasteiger charge is -2.14. The van der Waals surface area contributed by atoms with Crippen molar-refractivity contribution in [3.63, 3.8) is 0 Å². The summed E-state index contributed by atoms with van der Waals surface area (Å²) in [4.78, 5) is 15.4. The van der Waals surface area contributed by atoms with Gasteiger partial charge in [0.05, 0.1) is 26.4 Å². The van der Waals surface area contributed by atoms with Crippen molar-refractivity contribution in [2.24, 2.45) is 0 Å². The van der Waals surface area contributed by atoms with Crippen molar-refractivity contribution >= 4 is 5.97 Å². The number of methoxy groups -OCH3 is 2. The molecule has 0 aliphatic rings. The molecule has 0 amide bonds. The molecule has 0 saturated heterocycles. The van der Waals surface area contributed by atoms with E-state index in [-0.39, 0.29) is 23.8 Å². The first kappa shape index (κ1) is 14.1. The van der Waals surface area contributed by atoms with Gasteiger partial charge in [-0.2, -0.15) is 0 Å². The molecule has 0 radical (unpaired) electrons. The number of ether oxygens (including phenoxy) is 3. The molecule has 0 aliphatic heterocycles. The molecule has 0 fully saturated rings. The van der Waals surface area contributed by atoms with Crippen LogP contribution in [0.25, 0.3) is 0 Å². The molecule has 1 aromatic heterocycles. The smallest absolute Gasteiger partial charge is 0.347 e. The highest BCUT2D eigenvalue weighted by atomic mass is 19.3. The maximum absolute atomic E-state index is 12.8. The van der Waals surface area contributed by atoms with Gasteiger partial charge < -0.3 is 14.2 Å². The first-order chi connectivity index (χ1) is 8.56. The molecule has 1 aromatic rings. The van der Waals surface area contributed by atoms with Crippen LogP contribution < -0.4 is 9.47 Å². The van der Waals surface area contributed by atoms with E-state index in [1.807, 2.05) is 0 Å². The zero-order valence-electron chi connectivity index (χ0n) is 10.2. The van der Waals surface area contributed by atoms with Crippen LogP contribution in [0.2, 0.25) is 0 Å². The number of hydrogen-bond donors (Lipinski definition) is 0. The lowest BCUT2D eigenvalue weighted by molar-refractivity contribution is 0.0516. The van der Waals surface area contributed by atoms with Crippen molar-refractivity contribution in [3.8, 4) is 11.6 Å². The molecule has 18 heavy (non-hydrogen) atoms. The van der Waals surface area contributed by atoms with E-state index in [0.29, 0.717) is 0 Å². The fourth-order valence-electron chi connectivity index (χ4n) is 1.41. The number of aromatic nitrogens is 1. The number of hydrogen-bond acceptors (Lipinski definition) is 5. The highest BCUT2D eigenvalue weighted by molar-refractivity contribution is 5.95. The third-order valence-corrected chi connectivity index (χ3v) is 2.14. The Morgan fingerprint density at radius 3 is 2.50 bits per heavy atom. The van der Waals surface area contributed by atoms with E-state index in [4.69, 9.17) is 14.2 Å². The number of rotatable bonds is 5. The molecule has 0 aromatic carbocycles. The van der Waals surface area contributed by atoms with Crippen LogP contribution in [0, 0.1) is 0 Å². The van der Waals surface area contributed by atoms with Crippen molar-refractivity contribution in [3.05, 3.63) is 17.3 Å². The Kier molecular flexibility index (Phi) is 4.82. The van der Waals surface area contributed by atoms with E-state index in [1.165, 1.54) is 14.2 Å². The van der Waals surface area contributed by atoms with Crippen molar-refractivity contribution < 1.29 is 27.8 Å². The largest absolute Gasteiger partial charge is 0.495 e. The number of halogens is 2. The van der Waals surface area contributed by atoms with Crippen molar-refractivity contribution in [1.82, 2.24) is 4.98 Å². The summed E-state index contributed by atoms with van der Waals surface area (Å²) in [6.07, 6.45) is -1.91. The fourth-order valence-corrected chi connectivity index (χ4v) is 1.41. The first-order valence-corrected chi connectivity index (χ1v) is 5.12. The third-order valence-electron chi connectivity index (χ3n) is 2.14. The van der Waals surface area contributed by atoms with Crippen LogP contribution in [0.15, 0.2) is 6.20 Å². The number of carbonyl (C=O) groups is 1. The van der Waals surface area contributed by atoms with E-state index in [2.05, 4.69) is 4.98 Å². The minimum atomic E-state index is -2.81. The Bertz CT molecular complexity index is 437. The van der Waals surface area contributed by atoms with E-state index in [9.17, 15) is 13.6 Å². The molecule has 0 atom stereocenters.